The molecule has 0 bridgehead atoms. The summed E-state index contributed by atoms with van der Waals surface area (Å²) in [5, 5.41) is 2.92. The summed E-state index contributed by atoms with van der Waals surface area (Å²) in [6, 6.07) is 15.5. The van der Waals surface area contributed by atoms with Crippen LogP contribution in [0.25, 0.3) is 0 Å². The monoisotopic (exact) mass is 310 g/mol. The quantitative estimate of drug-likeness (QED) is 0.921. The Morgan fingerprint density at radius 1 is 0.957 bits per heavy atom. The summed E-state index contributed by atoms with van der Waals surface area (Å²) in [6.45, 7) is 5.86. The molecule has 0 aliphatic rings. The molecule has 0 atom stereocenters. The molecular weight excluding hydrogens is 288 g/mol. The molecule has 2 rings (SSSR count). The molecule has 0 fully saturated rings. The average Bonchev–Trinajstić information content (AvgIpc) is 2.51. The van der Waals surface area contributed by atoms with Crippen molar-refractivity contribution in [2.45, 2.75) is 27.3 Å². The molecule has 0 aliphatic heterocycles. The van der Waals surface area contributed by atoms with Gasteiger partial charge in [-0.25, -0.2) is 0 Å². The van der Waals surface area contributed by atoms with E-state index in [1.807, 2.05) is 62.4 Å². The molecule has 2 aromatic carbocycles. The van der Waals surface area contributed by atoms with E-state index in [1.54, 1.807) is 0 Å². The zero-order valence-electron chi connectivity index (χ0n) is 13.8. The van der Waals surface area contributed by atoms with Gasteiger partial charge >= 0.3 is 0 Å². The summed E-state index contributed by atoms with van der Waals surface area (Å²) in [6.07, 6.45) is 0. The lowest BCUT2D eigenvalue weighted by atomic mass is 10.1. The number of nitrogens with one attached hydrogen (secondary N) is 1. The van der Waals surface area contributed by atoms with E-state index in [2.05, 4.69) is 5.32 Å². The van der Waals surface area contributed by atoms with E-state index in [4.69, 9.17) is 0 Å². The van der Waals surface area contributed by atoms with Crippen LogP contribution in [0.5, 0.6) is 0 Å². The number of carbonyl (C=O) groups is 2. The van der Waals surface area contributed by atoms with Crippen molar-refractivity contribution in [1.29, 1.82) is 0 Å². The predicted molar refractivity (Wildman–Crippen MR) is 92.1 cm³/mol. The molecule has 0 aromatic heterocycles. The molecular formula is C19H22N2O2. The molecule has 4 heteroatoms. The van der Waals surface area contributed by atoms with Crippen molar-refractivity contribution in [3.05, 3.63) is 65.2 Å². The third kappa shape index (κ3) is 4.68. The fourth-order valence-electron chi connectivity index (χ4n) is 2.45. The number of carbonyl (C=O) groups excluding carboxylic acids is 2. The van der Waals surface area contributed by atoms with Crippen molar-refractivity contribution in [2.75, 3.05) is 11.9 Å². The first-order valence-corrected chi connectivity index (χ1v) is 7.63. The van der Waals surface area contributed by atoms with Crippen molar-refractivity contribution < 1.29 is 9.59 Å². The SMILES string of the molecule is CC(=O)N(CC(=O)Nc1c(C)cccc1C)Cc1ccccc1. The molecule has 0 spiro atoms. The highest BCUT2D eigenvalue weighted by Crippen LogP contribution is 2.19. The van der Waals surface area contributed by atoms with Crippen molar-refractivity contribution in [3.63, 3.8) is 0 Å². The van der Waals surface area contributed by atoms with E-state index in [9.17, 15) is 9.59 Å². The zero-order valence-corrected chi connectivity index (χ0v) is 13.8. The van der Waals surface area contributed by atoms with Gasteiger partial charge in [0.15, 0.2) is 0 Å². The number of amides is 2. The van der Waals surface area contributed by atoms with Crippen LogP contribution >= 0.6 is 0 Å². The van der Waals surface area contributed by atoms with Crippen molar-refractivity contribution in [2.24, 2.45) is 0 Å². The van der Waals surface area contributed by atoms with Crippen LogP contribution in [0, 0.1) is 13.8 Å². The second-order valence-corrected chi connectivity index (χ2v) is 5.68. The van der Waals surface area contributed by atoms with Gasteiger partial charge in [-0.2, -0.15) is 0 Å². The van der Waals surface area contributed by atoms with Crippen molar-refractivity contribution in [1.82, 2.24) is 4.90 Å². The minimum Gasteiger partial charge on any atom is -0.329 e. The Labute approximate surface area is 137 Å². The van der Waals surface area contributed by atoms with Gasteiger partial charge in [0.05, 0.1) is 0 Å². The molecule has 0 saturated carbocycles. The minimum absolute atomic E-state index is 0.0397. The van der Waals surface area contributed by atoms with Gasteiger partial charge in [-0.05, 0) is 30.5 Å². The van der Waals surface area contributed by atoms with Crippen LogP contribution in [0.4, 0.5) is 5.69 Å². The van der Waals surface area contributed by atoms with E-state index in [1.165, 1.54) is 11.8 Å². The Balaban J connectivity index is 2.05. The Morgan fingerprint density at radius 3 is 2.13 bits per heavy atom. The van der Waals surface area contributed by atoms with Gasteiger partial charge in [-0.15, -0.1) is 0 Å². The Bertz CT molecular complexity index is 676. The fourth-order valence-corrected chi connectivity index (χ4v) is 2.45. The van der Waals surface area contributed by atoms with Crippen LogP contribution in [0.2, 0.25) is 0 Å². The van der Waals surface area contributed by atoms with Crippen molar-refractivity contribution >= 4 is 17.5 Å². The van der Waals surface area contributed by atoms with Crippen LogP contribution in [0.1, 0.15) is 23.6 Å². The van der Waals surface area contributed by atoms with E-state index in [0.717, 1.165) is 22.4 Å². The zero-order chi connectivity index (χ0) is 16.8. The normalized spacial score (nSPS) is 10.2. The minimum atomic E-state index is -0.187. The molecule has 4 nitrogen and oxygen atoms in total. The van der Waals surface area contributed by atoms with Crippen LogP contribution in [-0.2, 0) is 16.1 Å². The van der Waals surface area contributed by atoms with Gasteiger partial charge < -0.3 is 10.2 Å². The van der Waals surface area contributed by atoms with Gasteiger partial charge in [0, 0.05) is 19.2 Å². The van der Waals surface area contributed by atoms with E-state index in [-0.39, 0.29) is 18.4 Å². The van der Waals surface area contributed by atoms with Gasteiger partial charge in [-0.1, -0.05) is 48.5 Å². The summed E-state index contributed by atoms with van der Waals surface area (Å²) in [5.41, 5.74) is 3.84. The number of hydrogen-bond donors (Lipinski definition) is 1. The number of hydrogen-bond acceptors (Lipinski definition) is 2. The maximum Gasteiger partial charge on any atom is 0.244 e. The largest absolute Gasteiger partial charge is 0.329 e. The lowest BCUT2D eigenvalue weighted by molar-refractivity contribution is -0.133. The first-order valence-electron chi connectivity index (χ1n) is 7.63. The van der Waals surface area contributed by atoms with E-state index >= 15 is 0 Å². The highest BCUT2D eigenvalue weighted by Gasteiger charge is 2.15. The number of para-hydroxylation sites is 1. The average molecular weight is 310 g/mol. The van der Waals surface area contributed by atoms with Gasteiger partial charge in [0.2, 0.25) is 11.8 Å². The number of anilines is 1. The standard InChI is InChI=1S/C19H22N2O2/c1-14-8-7-9-15(2)19(14)20-18(23)13-21(16(3)22)12-17-10-5-4-6-11-17/h4-11H,12-13H2,1-3H3,(H,20,23). The number of aryl methyl sites for hydroxylation is 2. The summed E-state index contributed by atoms with van der Waals surface area (Å²) >= 11 is 0. The second kappa shape index (κ2) is 7.58. The maximum atomic E-state index is 12.3. The van der Waals surface area contributed by atoms with Gasteiger partial charge in [-0.3, -0.25) is 9.59 Å². The molecule has 0 heterocycles. The number of benzene rings is 2. The summed E-state index contributed by atoms with van der Waals surface area (Å²) in [5.74, 6) is -0.306. The first kappa shape index (κ1) is 16.7. The number of rotatable bonds is 5. The summed E-state index contributed by atoms with van der Waals surface area (Å²) < 4.78 is 0. The smallest absolute Gasteiger partial charge is 0.244 e. The van der Waals surface area contributed by atoms with Crippen LogP contribution in [0.15, 0.2) is 48.5 Å². The van der Waals surface area contributed by atoms with Gasteiger partial charge in [0.1, 0.15) is 6.54 Å². The van der Waals surface area contributed by atoms with E-state index in [0.29, 0.717) is 6.54 Å². The Morgan fingerprint density at radius 2 is 1.57 bits per heavy atom. The molecule has 120 valence electrons. The Hall–Kier alpha value is -2.62. The fraction of sp³-hybridized carbons (Fsp3) is 0.263. The van der Waals surface area contributed by atoms with Crippen LogP contribution in [-0.4, -0.2) is 23.3 Å². The highest BCUT2D eigenvalue weighted by molar-refractivity contribution is 5.95. The topological polar surface area (TPSA) is 49.4 Å². The number of nitrogens with zero attached hydrogens (tertiary/aromatic N) is 1. The molecule has 0 unspecified atom stereocenters. The molecule has 2 amide bonds. The lowest BCUT2D eigenvalue weighted by Gasteiger charge is -2.21. The molecule has 23 heavy (non-hydrogen) atoms. The molecule has 0 saturated heterocycles. The molecule has 2 aromatic rings. The summed E-state index contributed by atoms with van der Waals surface area (Å²) in [7, 11) is 0. The lowest BCUT2D eigenvalue weighted by Crippen LogP contribution is -2.36. The first-order chi connectivity index (χ1) is 11.0. The molecule has 0 radical (unpaired) electrons. The highest BCUT2D eigenvalue weighted by atomic mass is 16.2. The third-order valence-corrected chi connectivity index (χ3v) is 3.74. The summed E-state index contributed by atoms with van der Waals surface area (Å²) in [4.78, 5) is 25.7. The second-order valence-electron chi connectivity index (χ2n) is 5.68. The van der Waals surface area contributed by atoms with Crippen molar-refractivity contribution in [3.8, 4) is 0 Å². The van der Waals surface area contributed by atoms with E-state index < -0.39 is 0 Å². The maximum absolute atomic E-state index is 12.3. The Kier molecular flexibility index (Phi) is 5.52. The molecule has 1 N–H and O–H groups in total. The molecule has 0 aliphatic carbocycles. The predicted octanol–water partition coefficient (Wildman–Crippen LogP) is 3.29. The van der Waals surface area contributed by atoms with Gasteiger partial charge in [0.25, 0.3) is 0 Å². The van der Waals surface area contributed by atoms with Crippen LogP contribution in [0.3, 0.4) is 0 Å². The third-order valence-electron chi connectivity index (χ3n) is 3.74. The van der Waals surface area contributed by atoms with Crippen LogP contribution < -0.4 is 5.32 Å².